The maximum atomic E-state index is 14.1. The summed E-state index contributed by atoms with van der Waals surface area (Å²) in [4.78, 5) is 0. The van der Waals surface area contributed by atoms with Gasteiger partial charge in [0.05, 0.1) is 5.56 Å². The van der Waals surface area contributed by atoms with Crippen LogP contribution in [-0.4, -0.2) is 5.16 Å². The van der Waals surface area contributed by atoms with Crippen molar-refractivity contribution in [1.29, 1.82) is 0 Å². The molecule has 0 radical (unpaired) electrons. The first-order valence-corrected chi connectivity index (χ1v) is 7.20. The van der Waals surface area contributed by atoms with Crippen LogP contribution in [0.5, 0.6) is 0 Å². The molecule has 2 N–H and O–H groups in total. The molecule has 1 aromatic heterocycles. The van der Waals surface area contributed by atoms with Crippen LogP contribution in [-0.2, 0) is 0 Å². The molecule has 3 aromatic rings. The van der Waals surface area contributed by atoms with Gasteiger partial charge in [0.2, 0.25) is 5.88 Å². The Bertz CT molecular complexity index is 819. The van der Waals surface area contributed by atoms with Crippen LogP contribution in [0.2, 0.25) is 5.02 Å². The lowest BCUT2D eigenvalue weighted by Gasteiger charge is -2.05. The van der Waals surface area contributed by atoms with E-state index in [-0.39, 0.29) is 5.88 Å². The van der Waals surface area contributed by atoms with Crippen molar-refractivity contribution in [2.45, 2.75) is 0 Å². The van der Waals surface area contributed by atoms with E-state index in [0.29, 0.717) is 21.8 Å². The standard InChI is InChI=1S/C15H9BrClFN2O/c16-9-4-5-12(18)11(7-9)14-13(15(19)21-20-14)8-2-1-3-10(17)6-8/h1-7H,19H2. The van der Waals surface area contributed by atoms with Crippen LogP contribution in [0.1, 0.15) is 0 Å². The zero-order chi connectivity index (χ0) is 15.0. The summed E-state index contributed by atoms with van der Waals surface area (Å²) in [6.07, 6.45) is 0. The molecule has 0 fully saturated rings. The summed E-state index contributed by atoms with van der Waals surface area (Å²) >= 11 is 9.31. The molecule has 0 unspecified atom stereocenters. The van der Waals surface area contributed by atoms with Crippen molar-refractivity contribution in [3.05, 3.63) is 57.8 Å². The molecule has 0 atom stereocenters. The van der Waals surface area contributed by atoms with Crippen molar-refractivity contribution < 1.29 is 8.91 Å². The Balaban J connectivity index is 2.24. The molecule has 0 saturated heterocycles. The Kier molecular flexibility index (Phi) is 3.69. The summed E-state index contributed by atoms with van der Waals surface area (Å²) in [7, 11) is 0. The van der Waals surface area contributed by atoms with Crippen molar-refractivity contribution in [3.8, 4) is 22.4 Å². The van der Waals surface area contributed by atoms with Crippen molar-refractivity contribution in [2.24, 2.45) is 0 Å². The molecule has 3 rings (SSSR count). The fraction of sp³-hybridized carbons (Fsp3) is 0. The van der Waals surface area contributed by atoms with Crippen LogP contribution in [0.3, 0.4) is 0 Å². The normalized spacial score (nSPS) is 10.8. The summed E-state index contributed by atoms with van der Waals surface area (Å²) in [5, 5.41) is 4.44. The molecule has 0 aliphatic rings. The molecule has 0 bridgehead atoms. The number of nitrogens with two attached hydrogens (primary N) is 1. The van der Waals surface area contributed by atoms with Crippen LogP contribution in [0.15, 0.2) is 51.5 Å². The molecule has 0 saturated carbocycles. The second-order valence-corrected chi connectivity index (χ2v) is 5.76. The second kappa shape index (κ2) is 5.50. The molecule has 1 heterocycles. The van der Waals surface area contributed by atoms with Gasteiger partial charge in [0.1, 0.15) is 11.5 Å². The second-order valence-electron chi connectivity index (χ2n) is 4.40. The number of anilines is 1. The highest BCUT2D eigenvalue weighted by molar-refractivity contribution is 9.10. The van der Waals surface area contributed by atoms with Gasteiger partial charge in [-0.3, -0.25) is 0 Å². The highest BCUT2D eigenvalue weighted by Gasteiger charge is 2.20. The Morgan fingerprint density at radius 3 is 2.76 bits per heavy atom. The third-order valence-electron chi connectivity index (χ3n) is 3.02. The van der Waals surface area contributed by atoms with E-state index in [1.807, 2.05) is 6.07 Å². The maximum absolute atomic E-state index is 14.1. The predicted octanol–water partition coefficient (Wildman–Crippen LogP) is 5.15. The fourth-order valence-corrected chi connectivity index (χ4v) is 2.64. The molecule has 0 aliphatic carbocycles. The number of rotatable bonds is 2. The molecule has 6 heteroatoms. The van der Waals surface area contributed by atoms with Gasteiger partial charge in [0, 0.05) is 15.1 Å². The number of benzene rings is 2. The smallest absolute Gasteiger partial charge is 0.230 e. The number of aromatic nitrogens is 1. The van der Waals surface area contributed by atoms with Crippen LogP contribution in [0.4, 0.5) is 10.3 Å². The van der Waals surface area contributed by atoms with Gasteiger partial charge < -0.3 is 10.3 Å². The number of hydrogen-bond donors (Lipinski definition) is 1. The van der Waals surface area contributed by atoms with Gasteiger partial charge in [-0.15, -0.1) is 0 Å². The summed E-state index contributed by atoms with van der Waals surface area (Å²) in [5.74, 6) is -0.290. The zero-order valence-corrected chi connectivity index (χ0v) is 13.0. The van der Waals surface area contributed by atoms with Gasteiger partial charge in [0.25, 0.3) is 0 Å². The molecule has 0 spiro atoms. The van der Waals surface area contributed by atoms with Gasteiger partial charge >= 0.3 is 0 Å². The van der Waals surface area contributed by atoms with Crippen LogP contribution in [0, 0.1) is 5.82 Å². The minimum Gasteiger partial charge on any atom is -0.367 e. The molecule has 0 aliphatic heterocycles. The lowest BCUT2D eigenvalue weighted by Crippen LogP contribution is -1.90. The fourth-order valence-electron chi connectivity index (χ4n) is 2.09. The van der Waals surface area contributed by atoms with Crippen molar-refractivity contribution in [1.82, 2.24) is 5.16 Å². The lowest BCUT2D eigenvalue weighted by atomic mass is 10.0. The molecule has 0 amide bonds. The Labute approximate surface area is 133 Å². The number of hydrogen-bond acceptors (Lipinski definition) is 3. The van der Waals surface area contributed by atoms with Crippen LogP contribution in [0.25, 0.3) is 22.4 Å². The van der Waals surface area contributed by atoms with Crippen molar-refractivity contribution in [2.75, 3.05) is 5.73 Å². The first-order chi connectivity index (χ1) is 10.1. The van der Waals surface area contributed by atoms with Crippen LogP contribution < -0.4 is 5.73 Å². The van der Waals surface area contributed by atoms with E-state index in [1.54, 1.807) is 30.3 Å². The zero-order valence-electron chi connectivity index (χ0n) is 10.6. The number of halogens is 3. The lowest BCUT2D eigenvalue weighted by molar-refractivity contribution is 0.439. The first kappa shape index (κ1) is 14.1. The average molecular weight is 368 g/mol. The van der Waals surface area contributed by atoms with Crippen molar-refractivity contribution >= 4 is 33.4 Å². The van der Waals surface area contributed by atoms with E-state index in [4.69, 9.17) is 21.9 Å². The van der Waals surface area contributed by atoms with E-state index in [2.05, 4.69) is 21.1 Å². The molecular weight excluding hydrogens is 359 g/mol. The molecule has 2 aromatic carbocycles. The van der Waals surface area contributed by atoms with Gasteiger partial charge in [0.15, 0.2) is 0 Å². The highest BCUT2D eigenvalue weighted by atomic mass is 79.9. The maximum Gasteiger partial charge on any atom is 0.230 e. The van der Waals surface area contributed by atoms with Gasteiger partial charge in [-0.1, -0.05) is 44.8 Å². The Morgan fingerprint density at radius 2 is 2.00 bits per heavy atom. The van der Waals surface area contributed by atoms with Gasteiger partial charge in [-0.2, -0.15) is 0 Å². The third-order valence-corrected chi connectivity index (χ3v) is 3.74. The van der Waals surface area contributed by atoms with Gasteiger partial charge in [-0.25, -0.2) is 4.39 Å². The van der Waals surface area contributed by atoms with Gasteiger partial charge in [-0.05, 0) is 35.9 Å². The van der Waals surface area contributed by atoms with Crippen LogP contribution >= 0.6 is 27.5 Å². The minimum atomic E-state index is -0.408. The van der Waals surface area contributed by atoms with E-state index in [0.717, 1.165) is 10.0 Å². The van der Waals surface area contributed by atoms with E-state index < -0.39 is 5.82 Å². The largest absolute Gasteiger partial charge is 0.367 e. The quantitative estimate of drug-likeness (QED) is 0.682. The Morgan fingerprint density at radius 1 is 1.19 bits per heavy atom. The van der Waals surface area contributed by atoms with E-state index >= 15 is 0 Å². The van der Waals surface area contributed by atoms with E-state index in [9.17, 15) is 4.39 Å². The van der Waals surface area contributed by atoms with Crippen molar-refractivity contribution in [3.63, 3.8) is 0 Å². The average Bonchev–Trinajstić information content (AvgIpc) is 2.83. The first-order valence-electron chi connectivity index (χ1n) is 6.03. The molecular formula is C15H9BrClFN2O. The Hall–Kier alpha value is -1.85. The summed E-state index contributed by atoms with van der Waals surface area (Å²) < 4.78 is 19.8. The molecule has 3 nitrogen and oxygen atoms in total. The van der Waals surface area contributed by atoms with E-state index in [1.165, 1.54) is 6.07 Å². The number of nitrogens with zero attached hydrogens (tertiary/aromatic N) is 1. The third kappa shape index (κ3) is 2.66. The predicted molar refractivity (Wildman–Crippen MR) is 84.5 cm³/mol. The topological polar surface area (TPSA) is 52.0 Å². The highest BCUT2D eigenvalue weighted by Crippen LogP contribution is 2.38. The SMILES string of the molecule is Nc1onc(-c2cc(Br)ccc2F)c1-c1cccc(Cl)c1. The minimum absolute atomic E-state index is 0.117. The summed E-state index contributed by atoms with van der Waals surface area (Å²) in [6, 6.07) is 11.7. The number of nitrogen functional groups attached to an aromatic ring is 1. The summed E-state index contributed by atoms with van der Waals surface area (Å²) in [5.41, 5.74) is 7.73. The molecule has 106 valence electrons. The molecule has 21 heavy (non-hydrogen) atoms. The monoisotopic (exact) mass is 366 g/mol. The summed E-state index contributed by atoms with van der Waals surface area (Å²) in [6.45, 7) is 0.